The highest BCUT2D eigenvalue weighted by atomic mass is 35.5. The number of thiazole rings is 1. The number of nitrogens with zero attached hydrogens (tertiary/aromatic N) is 1. The van der Waals surface area contributed by atoms with Gasteiger partial charge in [0.25, 0.3) is 5.91 Å². The summed E-state index contributed by atoms with van der Waals surface area (Å²) in [5.74, 6) is 0.482. The van der Waals surface area contributed by atoms with Crippen LogP contribution in [0.5, 0.6) is 5.75 Å². The van der Waals surface area contributed by atoms with E-state index in [-0.39, 0.29) is 5.91 Å². The fraction of sp³-hybridized carbons (Fsp3) is 0.158. The van der Waals surface area contributed by atoms with E-state index in [2.05, 4.69) is 10.3 Å². The van der Waals surface area contributed by atoms with E-state index in [0.29, 0.717) is 29.5 Å². The average Bonchev–Trinajstić information content (AvgIpc) is 3.03. The number of halogens is 1. The summed E-state index contributed by atoms with van der Waals surface area (Å²) >= 11 is 7.54. The van der Waals surface area contributed by atoms with Crippen LogP contribution in [0.2, 0.25) is 5.02 Å². The monoisotopic (exact) mass is 372 g/mol. The van der Waals surface area contributed by atoms with Gasteiger partial charge in [-0.15, -0.1) is 11.3 Å². The van der Waals surface area contributed by atoms with Crippen LogP contribution in [0.25, 0.3) is 0 Å². The molecule has 0 radical (unpaired) electrons. The quantitative estimate of drug-likeness (QED) is 0.687. The lowest BCUT2D eigenvalue weighted by Gasteiger charge is -2.08. The van der Waals surface area contributed by atoms with Crippen molar-refractivity contribution < 1.29 is 9.53 Å². The molecule has 0 atom stereocenters. The fourth-order valence-corrected chi connectivity index (χ4v) is 3.10. The van der Waals surface area contributed by atoms with Gasteiger partial charge in [0, 0.05) is 22.5 Å². The SMILES string of the molecule is Cc1nc(COc2cccc(C(=O)NCc3cccc(Cl)c3)c2)cs1. The van der Waals surface area contributed by atoms with Gasteiger partial charge < -0.3 is 10.1 Å². The van der Waals surface area contributed by atoms with E-state index in [4.69, 9.17) is 16.3 Å². The number of ether oxygens (including phenoxy) is 1. The molecule has 3 rings (SSSR count). The van der Waals surface area contributed by atoms with E-state index >= 15 is 0 Å². The van der Waals surface area contributed by atoms with Crippen LogP contribution in [0.4, 0.5) is 0 Å². The standard InChI is InChI=1S/C19H17ClN2O2S/c1-13-22-17(12-25-13)11-24-18-7-3-5-15(9-18)19(23)21-10-14-4-2-6-16(20)8-14/h2-9,12H,10-11H2,1H3,(H,21,23). The number of hydrogen-bond acceptors (Lipinski definition) is 4. The van der Waals surface area contributed by atoms with Crippen molar-refractivity contribution in [1.82, 2.24) is 10.3 Å². The van der Waals surface area contributed by atoms with Gasteiger partial charge in [-0.3, -0.25) is 4.79 Å². The molecule has 1 heterocycles. The zero-order valence-corrected chi connectivity index (χ0v) is 15.2. The number of aromatic nitrogens is 1. The summed E-state index contributed by atoms with van der Waals surface area (Å²) in [4.78, 5) is 16.7. The molecular weight excluding hydrogens is 356 g/mol. The van der Waals surface area contributed by atoms with Crippen molar-refractivity contribution in [3.63, 3.8) is 0 Å². The van der Waals surface area contributed by atoms with Gasteiger partial charge in [0.15, 0.2) is 0 Å². The Kier molecular flexibility index (Phi) is 5.68. The summed E-state index contributed by atoms with van der Waals surface area (Å²) in [7, 11) is 0. The number of rotatable bonds is 6. The Morgan fingerprint density at radius 2 is 2.08 bits per heavy atom. The van der Waals surface area contributed by atoms with Gasteiger partial charge in [-0.05, 0) is 42.8 Å². The van der Waals surface area contributed by atoms with Crippen LogP contribution in [-0.2, 0) is 13.2 Å². The van der Waals surface area contributed by atoms with Gasteiger partial charge in [-0.25, -0.2) is 4.98 Å². The molecule has 128 valence electrons. The molecule has 0 aliphatic carbocycles. The summed E-state index contributed by atoms with van der Waals surface area (Å²) in [6, 6.07) is 14.5. The maximum absolute atomic E-state index is 12.3. The number of amides is 1. The molecule has 0 bridgehead atoms. The number of benzene rings is 2. The first-order chi connectivity index (χ1) is 12.1. The summed E-state index contributed by atoms with van der Waals surface area (Å²) in [5, 5.41) is 6.51. The van der Waals surface area contributed by atoms with E-state index in [1.165, 1.54) is 0 Å². The van der Waals surface area contributed by atoms with Crippen molar-refractivity contribution in [3.8, 4) is 5.75 Å². The molecule has 25 heavy (non-hydrogen) atoms. The Morgan fingerprint density at radius 3 is 2.84 bits per heavy atom. The molecule has 1 N–H and O–H groups in total. The number of carbonyl (C=O) groups excluding carboxylic acids is 1. The molecule has 0 aliphatic rings. The number of hydrogen-bond donors (Lipinski definition) is 1. The van der Waals surface area contributed by atoms with E-state index in [9.17, 15) is 4.79 Å². The van der Waals surface area contributed by atoms with Crippen molar-refractivity contribution in [2.24, 2.45) is 0 Å². The fourth-order valence-electron chi connectivity index (χ4n) is 2.29. The van der Waals surface area contributed by atoms with Crippen molar-refractivity contribution in [1.29, 1.82) is 0 Å². The van der Waals surface area contributed by atoms with E-state index in [1.807, 2.05) is 36.6 Å². The average molecular weight is 373 g/mol. The third-order valence-electron chi connectivity index (χ3n) is 3.49. The Morgan fingerprint density at radius 1 is 1.24 bits per heavy atom. The highest BCUT2D eigenvalue weighted by Crippen LogP contribution is 2.17. The van der Waals surface area contributed by atoms with E-state index < -0.39 is 0 Å². The molecule has 0 unspecified atom stereocenters. The van der Waals surface area contributed by atoms with Gasteiger partial charge in [0.05, 0.1) is 10.7 Å². The lowest BCUT2D eigenvalue weighted by molar-refractivity contribution is 0.0950. The van der Waals surface area contributed by atoms with Crippen LogP contribution in [0.15, 0.2) is 53.9 Å². The molecule has 4 nitrogen and oxygen atoms in total. The number of carbonyl (C=O) groups is 1. The summed E-state index contributed by atoms with van der Waals surface area (Å²) < 4.78 is 5.72. The molecule has 2 aromatic carbocycles. The molecular formula is C19H17ClN2O2S. The summed E-state index contributed by atoms with van der Waals surface area (Å²) in [6.45, 7) is 2.76. The largest absolute Gasteiger partial charge is 0.487 e. The Labute approximate surface area is 155 Å². The topological polar surface area (TPSA) is 51.2 Å². The van der Waals surface area contributed by atoms with Gasteiger partial charge in [0.2, 0.25) is 0 Å². The van der Waals surface area contributed by atoms with Crippen molar-refractivity contribution in [2.75, 3.05) is 0 Å². The molecule has 1 aromatic heterocycles. The number of nitrogens with one attached hydrogen (secondary N) is 1. The molecule has 0 spiro atoms. The van der Waals surface area contributed by atoms with Gasteiger partial charge in [-0.1, -0.05) is 29.8 Å². The minimum absolute atomic E-state index is 0.157. The molecule has 6 heteroatoms. The van der Waals surface area contributed by atoms with Crippen LogP contribution in [0.1, 0.15) is 26.6 Å². The molecule has 1 amide bonds. The molecule has 3 aromatic rings. The van der Waals surface area contributed by atoms with E-state index in [0.717, 1.165) is 16.3 Å². The second-order valence-electron chi connectivity index (χ2n) is 5.49. The van der Waals surface area contributed by atoms with Crippen LogP contribution in [0, 0.1) is 6.92 Å². The highest BCUT2D eigenvalue weighted by Gasteiger charge is 2.07. The first-order valence-electron chi connectivity index (χ1n) is 7.77. The second kappa shape index (κ2) is 8.14. The van der Waals surface area contributed by atoms with Crippen LogP contribution in [-0.4, -0.2) is 10.9 Å². The lowest BCUT2D eigenvalue weighted by atomic mass is 10.2. The maximum Gasteiger partial charge on any atom is 0.251 e. The van der Waals surface area contributed by atoms with Crippen molar-refractivity contribution in [2.45, 2.75) is 20.1 Å². The zero-order chi connectivity index (χ0) is 17.6. The normalized spacial score (nSPS) is 10.5. The maximum atomic E-state index is 12.3. The van der Waals surface area contributed by atoms with Gasteiger partial charge in [-0.2, -0.15) is 0 Å². The third-order valence-corrected chi connectivity index (χ3v) is 4.55. The minimum Gasteiger partial charge on any atom is -0.487 e. The second-order valence-corrected chi connectivity index (χ2v) is 6.99. The third kappa shape index (κ3) is 5.05. The van der Waals surface area contributed by atoms with E-state index in [1.54, 1.807) is 35.6 Å². The highest BCUT2D eigenvalue weighted by molar-refractivity contribution is 7.09. The van der Waals surface area contributed by atoms with Crippen molar-refractivity contribution >= 4 is 28.8 Å². The minimum atomic E-state index is -0.157. The molecule has 0 fully saturated rings. The van der Waals surface area contributed by atoms with Gasteiger partial charge >= 0.3 is 0 Å². The predicted octanol–water partition coefficient (Wildman–Crippen LogP) is 4.61. The van der Waals surface area contributed by atoms with Crippen LogP contribution in [0.3, 0.4) is 0 Å². The van der Waals surface area contributed by atoms with Gasteiger partial charge in [0.1, 0.15) is 12.4 Å². The number of aryl methyl sites for hydroxylation is 1. The lowest BCUT2D eigenvalue weighted by Crippen LogP contribution is -2.22. The first-order valence-corrected chi connectivity index (χ1v) is 9.02. The summed E-state index contributed by atoms with van der Waals surface area (Å²) in [6.07, 6.45) is 0. The van der Waals surface area contributed by atoms with Crippen molar-refractivity contribution in [3.05, 3.63) is 80.8 Å². The zero-order valence-electron chi connectivity index (χ0n) is 13.7. The summed E-state index contributed by atoms with van der Waals surface area (Å²) in [5.41, 5.74) is 2.39. The van der Waals surface area contributed by atoms with Crippen LogP contribution < -0.4 is 10.1 Å². The Hall–Kier alpha value is -2.37. The Balaban J connectivity index is 1.59. The first kappa shape index (κ1) is 17.5. The Bertz CT molecular complexity index is 879. The molecule has 0 aliphatic heterocycles. The molecule has 0 saturated carbocycles. The predicted molar refractivity (Wildman–Crippen MR) is 100 cm³/mol. The smallest absolute Gasteiger partial charge is 0.251 e. The van der Waals surface area contributed by atoms with Crippen LogP contribution >= 0.6 is 22.9 Å². The molecule has 0 saturated heterocycles.